The number of rotatable bonds is 14. The van der Waals surface area contributed by atoms with Crippen LogP contribution in [0.2, 0.25) is 0 Å². The van der Waals surface area contributed by atoms with E-state index in [1.54, 1.807) is 0 Å². The van der Waals surface area contributed by atoms with Crippen LogP contribution in [0.4, 0.5) is 0 Å². The Hall–Kier alpha value is -0.130. The second-order valence-electron chi connectivity index (χ2n) is 6.04. The van der Waals surface area contributed by atoms with E-state index in [1.165, 1.54) is 70.8 Å². The molecule has 0 atom stereocenters. The summed E-state index contributed by atoms with van der Waals surface area (Å²) in [6.45, 7) is 5.69. The van der Waals surface area contributed by atoms with Crippen LogP contribution in [0.15, 0.2) is 0 Å². The summed E-state index contributed by atoms with van der Waals surface area (Å²) < 4.78 is 23.3. The van der Waals surface area contributed by atoms with E-state index < -0.39 is 11.0 Å². The molecule has 0 aromatic rings. The molecule has 0 amide bonds. The molecule has 136 valence electrons. The summed E-state index contributed by atoms with van der Waals surface area (Å²) in [6, 6.07) is 0. The van der Waals surface area contributed by atoms with Gasteiger partial charge in [-0.25, -0.2) is 8.42 Å². The highest BCUT2D eigenvalue weighted by molar-refractivity contribution is 7.67. The maximum Gasteiger partial charge on any atom is 0.257 e. The van der Waals surface area contributed by atoms with Gasteiger partial charge in [0.2, 0.25) is 0 Å². The van der Waals surface area contributed by atoms with Crippen molar-refractivity contribution in [3.63, 3.8) is 0 Å². The summed E-state index contributed by atoms with van der Waals surface area (Å²) in [6.07, 6.45) is 15.1. The third-order valence-corrected chi connectivity index (χ3v) is 3.75. The molecule has 0 aliphatic rings. The van der Waals surface area contributed by atoms with E-state index in [9.17, 15) is 8.42 Å². The van der Waals surface area contributed by atoms with Crippen LogP contribution in [0.3, 0.4) is 0 Å². The Kier molecular flexibility index (Phi) is 22.9. The van der Waals surface area contributed by atoms with Crippen LogP contribution in [0.25, 0.3) is 0 Å². The minimum Gasteiger partial charge on any atom is -0.309 e. The van der Waals surface area contributed by atoms with E-state index in [0.29, 0.717) is 6.61 Å². The van der Waals surface area contributed by atoms with Gasteiger partial charge in [0.25, 0.3) is 11.0 Å². The largest absolute Gasteiger partial charge is 0.309 e. The first kappa shape index (κ1) is 24.1. The van der Waals surface area contributed by atoms with Gasteiger partial charge in [0, 0.05) is 0 Å². The summed E-state index contributed by atoms with van der Waals surface area (Å²) in [7, 11) is 1.71. The van der Waals surface area contributed by atoms with Gasteiger partial charge in [-0.2, -0.15) is 0 Å². The van der Waals surface area contributed by atoms with Crippen LogP contribution in [-0.4, -0.2) is 40.6 Å². The minimum absolute atomic E-state index is 0.304. The second-order valence-corrected chi connectivity index (χ2v) is 6.75. The first-order chi connectivity index (χ1) is 10.5. The SMILES string of the molecule is CCCCCCCCCCCCN(C)C.CCCO[SH](=O)=O. The Balaban J connectivity index is 0. The van der Waals surface area contributed by atoms with Crippen LogP contribution < -0.4 is 0 Å². The lowest BCUT2D eigenvalue weighted by Gasteiger charge is -2.08. The first-order valence-electron chi connectivity index (χ1n) is 8.96. The Morgan fingerprint density at radius 2 is 1.18 bits per heavy atom. The molecule has 4 nitrogen and oxygen atoms in total. The normalized spacial score (nSPS) is 10.8. The molecule has 0 unspecified atom stereocenters. The molecule has 0 fully saturated rings. The summed E-state index contributed by atoms with van der Waals surface area (Å²) >= 11 is 0. The van der Waals surface area contributed by atoms with Crippen molar-refractivity contribution in [3.8, 4) is 0 Å². The highest BCUT2D eigenvalue weighted by Gasteiger charge is 1.93. The fraction of sp³-hybridized carbons (Fsp3) is 1.00. The number of nitrogens with zero attached hydrogens (tertiary/aromatic N) is 1. The van der Waals surface area contributed by atoms with Gasteiger partial charge in [-0.3, -0.25) is 4.18 Å². The zero-order valence-corrected chi connectivity index (χ0v) is 16.2. The van der Waals surface area contributed by atoms with Gasteiger partial charge in [-0.1, -0.05) is 71.6 Å². The summed E-state index contributed by atoms with van der Waals surface area (Å²) in [5.74, 6) is 0. The Morgan fingerprint density at radius 3 is 1.50 bits per heavy atom. The Labute approximate surface area is 140 Å². The summed E-state index contributed by atoms with van der Waals surface area (Å²) in [4.78, 5) is 2.28. The molecule has 0 aromatic carbocycles. The molecule has 0 saturated heterocycles. The van der Waals surface area contributed by atoms with Gasteiger partial charge in [-0.15, -0.1) is 0 Å². The quantitative estimate of drug-likeness (QED) is 0.377. The van der Waals surface area contributed by atoms with Gasteiger partial charge in [0.05, 0.1) is 6.61 Å². The second kappa shape index (κ2) is 20.9. The van der Waals surface area contributed by atoms with E-state index in [0.717, 1.165) is 6.42 Å². The molecule has 0 spiro atoms. The predicted octanol–water partition coefficient (Wildman–Crippen LogP) is 4.41. The molecule has 0 bridgehead atoms. The van der Waals surface area contributed by atoms with Gasteiger partial charge in [-0.05, 0) is 33.5 Å². The van der Waals surface area contributed by atoms with Crippen LogP contribution >= 0.6 is 0 Å². The van der Waals surface area contributed by atoms with Crippen molar-refractivity contribution in [2.45, 2.75) is 84.5 Å². The average Bonchev–Trinajstić information content (AvgIpc) is 2.47. The van der Waals surface area contributed by atoms with E-state index in [4.69, 9.17) is 0 Å². The van der Waals surface area contributed by atoms with Crippen molar-refractivity contribution in [2.24, 2.45) is 0 Å². The topological polar surface area (TPSA) is 46.6 Å². The fourth-order valence-electron chi connectivity index (χ4n) is 2.08. The highest BCUT2D eigenvalue weighted by Crippen LogP contribution is 2.10. The predicted molar refractivity (Wildman–Crippen MR) is 97.0 cm³/mol. The van der Waals surface area contributed by atoms with Crippen LogP contribution in [0.1, 0.15) is 84.5 Å². The molecule has 0 heterocycles. The maximum atomic E-state index is 9.57. The monoisotopic (exact) mass is 337 g/mol. The van der Waals surface area contributed by atoms with Crippen LogP contribution in [-0.2, 0) is 15.2 Å². The molecule has 22 heavy (non-hydrogen) atoms. The molecule has 0 radical (unpaired) electrons. The molecular weight excluding hydrogens is 298 g/mol. The van der Waals surface area contributed by atoms with Crippen molar-refractivity contribution < 1.29 is 12.6 Å². The molecule has 0 N–H and O–H groups in total. The average molecular weight is 338 g/mol. The lowest BCUT2D eigenvalue weighted by Crippen LogP contribution is -2.12. The lowest BCUT2D eigenvalue weighted by molar-refractivity contribution is 0.333. The van der Waals surface area contributed by atoms with E-state index in [2.05, 4.69) is 30.1 Å². The zero-order valence-electron chi connectivity index (χ0n) is 15.3. The number of hydrogen-bond acceptors (Lipinski definition) is 4. The third-order valence-electron chi connectivity index (χ3n) is 3.36. The standard InChI is InChI=1S/C14H31N.C3H8O3S/c1-4-5-6-7-8-9-10-11-12-13-14-15(2)3;1-2-3-6-7(4)5/h4-14H2,1-3H3;7H,2-3H2,1H3. The van der Waals surface area contributed by atoms with Gasteiger partial charge >= 0.3 is 0 Å². The molecule has 0 aliphatic heterocycles. The van der Waals surface area contributed by atoms with Gasteiger partial charge < -0.3 is 4.90 Å². The molecule has 0 rings (SSSR count). The van der Waals surface area contributed by atoms with Crippen molar-refractivity contribution in [2.75, 3.05) is 27.2 Å². The van der Waals surface area contributed by atoms with E-state index >= 15 is 0 Å². The van der Waals surface area contributed by atoms with Crippen molar-refractivity contribution in [1.29, 1.82) is 0 Å². The summed E-state index contributed by atoms with van der Waals surface area (Å²) in [5, 5.41) is 0. The molecule has 0 aromatic heterocycles. The van der Waals surface area contributed by atoms with Crippen LogP contribution in [0, 0.1) is 0 Å². The van der Waals surface area contributed by atoms with E-state index in [1.807, 2.05) is 6.92 Å². The Bertz CT molecular complexity index is 261. The first-order valence-corrected chi connectivity index (χ1v) is 10.1. The minimum atomic E-state index is -2.61. The van der Waals surface area contributed by atoms with Crippen molar-refractivity contribution in [1.82, 2.24) is 4.90 Å². The highest BCUT2D eigenvalue weighted by atomic mass is 32.2. The molecule has 5 heteroatoms. The zero-order chi connectivity index (χ0) is 17.1. The van der Waals surface area contributed by atoms with E-state index in [-0.39, 0.29) is 0 Å². The molecular formula is C17H39NO3S. The van der Waals surface area contributed by atoms with Gasteiger partial charge in [0.15, 0.2) is 0 Å². The van der Waals surface area contributed by atoms with Crippen molar-refractivity contribution >= 4 is 11.0 Å². The number of hydrogen-bond donors (Lipinski definition) is 1. The molecule has 0 saturated carbocycles. The maximum absolute atomic E-state index is 9.57. The van der Waals surface area contributed by atoms with Crippen molar-refractivity contribution in [3.05, 3.63) is 0 Å². The molecule has 0 aliphatic carbocycles. The number of unbranched alkanes of at least 4 members (excludes halogenated alkanes) is 9. The number of thiol groups is 1. The van der Waals surface area contributed by atoms with Gasteiger partial charge in [0.1, 0.15) is 0 Å². The summed E-state index contributed by atoms with van der Waals surface area (Å²) in [5.41, 5.74) is 0. The lowest BCUT2D eigenvalue weighted by atomic mass is 10.1. The smallest absolute Gasteiger partial charge is 0.257 e. The van der Waals surface area contributed by atoms with Crippen LogP contribution in [0.5, 0.6) is 0 Å². The fourth-order valence-corrected chi connectivity index (χ4v) is 2.41. The Morgan fingerprint density at radius 1 is 0.727 bits per heavy atom. The third kappa shape index (κ3) is 28.1.